The first-order chi connectivity index (χ1) is 16.2. The van der Waals surface area contributed by atoms with Crippen LogP contribution in [0, 0.1) is 30.9 Å². The van der Waals surface area contributed by atoms with Crippen molar-refractivity contribution in [2.24, 2.45) is 5.41 Å². The van der Waals surface area contributed by atoms with Gasteiger partial charge in [0.1, 0.15) is 17.5 Å². The van der Waals surface area contributed by atoms with Crippen LogP contribution in [0.4, 0.5) is 20.4 Å². The molecule has 2 atom stereocenters. The minimum Gasteiger partial charge on any atom is -0.481 e. The van der Waals surface area contributed by atoms with Crippen LogP contribution < -0.4 is 5.32 Å². The van der Waals surface area contributed by atoms with Crippen molar-refractivity contribution < 1.29 is 18.7 Å². The lowest BCUT2D eigenvalue weighted by molar-refractivity contribution is -0.153. The molecule has 3 aromatic rings. The number of aromatic nitrogens is 3. The lowest BCUT2D eigenvalue weighted by Crippen LogP contribution is -2.50. The van der Waals surface area contributed by atoms with E-state index in [4.69, 9.17) is 0 Å². The smallest absolute Gasteiger partial charge is 0.310 e. The maximum Gasteiger partial charge on any atom is 0.310 e. The molecule has 0 aliphatic carbocycles. The monoisotopic (exact) mass is 469 g/mol. The van der Waals surface area contributed by atoms with Gasteiger partial charge in [0.25, 0.3) is 0 Å². The van der Waals surface area contributed by atoms with E-state index in [0.29, 0.717) is 43.1 Å². The van der Waals surface area contributed by atoms with Gasteiger partial charge in [0.2, 0.25) is 0 Å². The van der Waals surface area contributed by atoms with Crippen LogP contribution in [0.5, 0.6) is 0 Å². The summed E-state index contributed by atoms with van der Waals surface area (Å²) in [5, 5.41) is 20.1. The van der Waals surface area contributed by atoms with Crippen LogP contribution in [0.15, 0.2) is 36.4 Å². The number of H-pyrrole nitrogens is 1. The standard InChI is InChI=1S/C25H29F2N5O2/c1-15-5-4-6-19(26)18(15)14-32-10-9-25(24(33)34,12-17(32)3)13-21-20(27)7-8-22(28-21)29-23-11-16(2)30-31-23/h4-8,11,17H,9-10,12-14H2,1-3H3,(H,33,34)(H2,28,29,30,31)/t17-,25-/m1/s1. The van der Waals surface area contributed by atoms with Crippen molar-refractivity contribution >= 4 is 17.6 Å². The summed E-state index contributed by atoms with van der Waals surface area (Å²) in [5.74, 6) is -0.834. The molecule has 1 aromatic carbocycles. The Bertz CT molecular complexity index is 1180. The molecule has 0 saturated carbocycles. The maximum absolute atomic E-state index is 14.7. The van der Waals surface area contributed by atoms with Gasteiger partial charge in [-0.25, -0.2) is 13.8 Å². The van der Waals surface area contributed by atoms with Crippen LogP contribution in [0.25, 0.3) is 0 Å². The van der Waals surface area contributed by atoms with Gasteiger partial charge in [-0.3, -0.25) is 14.8 Å². The number of carboxylic acid groups (broad SMARTS) is 1. The molecule has 2 aromatic heterocycles. The quantitative estimate of drug-likeness (QED) is 0.463. The summed E-state index contributed by atoms with van der Waals surface area (Å²) in [5.41, 5.74) is 1.30. The van der Waals surface area contributed by atoms with Crippen molar-refractivity contribution in [3.63, 3.8) is 0 Å². The molecule has 0 spiro atoms. The largest absolute Gasteiger partial charge is 0.481 e. The number of aryl methyl sites for hydroxylation is 2. The summed E-state index contributed by atoms with van der Waals surface area (Å²) in [7, 11) is 0. The van der Waals surface area contributed by atoms with Gasteiger partial charge in [0.05, 0.1) is 11.1 Å². The number of likely N-dealkylation sites (tertiary alicyclic amines) is 1. The minimum absolute atomic E-state index is 0.0276. The highest BCUT2D eigenvalue weighted by Crippen LogP contribution is 2.39. The number of aliphatic carboxylic acids is 1. The zero-order valence-electron chi connectivity index (χ0n) is 19.5. The van der Waals surface area contributed by atoms with Gasteiger partial charge in [-0.05, 0) is 63.9 Å². The molecular weight excluding hydrogens is 440 g/mol. The normalized spacial score (nSPS) is 20.9. The van der Waals surface area contributed by atoms with Gasteiger partial charge in [-0.1, -0.05) is 12.1 Å². The van der Waals surface area contributed by atoms with Crippen LogP contribution >= 0.6 is 0 Å². The summed E-state index contributed by atoms with van der Waals surface area (Å²) < 4.78 is 29.1. The fraction of sp³-hybridized carbons (Fsp3) is 0.400. The van der Waals surface area contributed by atoms with E-state index in [1.54, 1.807) is 12.1 Å². The summed E-state index contributed by atoms with van der Waals surface area (Å²) in [4.78, 5) is 18.9. The van der Waals surface area contributed by atoms with E-state index in [2.05, 4.69) is 25.4 Å². The summed E-state index contributed by atoms with van der Waals surface area (Å²) in [6.07, 6.45) is 0.602. The Labute approximate surface area is 197 Å². The Morgan fingerprint density at radius 1 is 1.24 bits per heavy atom. The molecule has 1 aliphatic heterocycles. The van der Waals surface area contributed by atoms with E-state index >= 15 is 0 Å². The number of nitrogens with zero attached hydrogens (tertiary/aromatic N) is 3. The number of halogens is 2. The zero-order chi connectivity index (χ0) is 24.5. The molecule has 1 aliphatic rings. The third kappa shape index (κ3) is 4.94. The molecule has 34 heavy (non-hydrogen) atoms. The fourth-order valence-corrected chi connectivity index (χ4v) is 4.72. The summed E-state index contributed by atoms with van der Waals surface area (Å²) >= 11 is 0. The number of rotatable bonds is 7. The third-order valence-electron chi connectivity index (χ3n) is 6.74. The zero-order valence-corrected chi connectivity index (χ0v) is 19.5. The first-order valence-corrected chi connectivity index (χ1v) is 11.3. The Morgan fingerprint density at radius 2 is 2.03 bits per heavy atom. The molecule has 4 rings (SSSR count). The number of nitrogens with one attached hydrogen (secondary N) is 2. The average molecular weight is 470 g/mol. The number of benzene rings is 1. The lowest BCUT2D eigenvalue weighted by Gasteiger charge is -2.43. The van der Waals surface area contributed by atoms with Crippen molar-refractivity contribution in [1.29, 1.82) is 0 Å². The molecule has 1 saturated heterocycles. The molecule has 0 amide bonds. The third-order valence-corrected chi connectivity index (χ3v) is 6.74. The molecule has 0 unspecified atom stereocenters. The van der Waals surface area contributed by atoms with E-state index in [-0.39, 0.29) is 24.0 Å². The summed E-state index contributed by atoms with van der Waals surface area (Å²) in [6.45, 7) is 6.54. The second kappa shape index (κ2) is 9.50. The fourth-order valence-electron chi connectivity index (χ4n) is 4.72. The van der Waals surface area contributed by atoms with Crippen LogP contribution in [-0.2, 0) is 17.8 Å². The molecular formula is C25H29F2N5O2. The highest BCUT2D eigenvalue weighted by molar-refractivity contribution is 5.75. The predicted molar refractivity (Wildman–Crippen MR) is 125 cm³/mol. The van der Waals surface area contributed by atoms with Crippen molar-refractivity contribution in [3.8, 4) is 0 Å². The van der Waals surface area contributed by atoms with Gasteiger partial charge >= 0.3 is 5.97 Å². The maximum atomic E-state index is 14.7. The number of hydrogen-bond acceptors (Lipinski definition) is 5. The molecule has 180 valence electrons. The van der Waals surface area contributed by atoms with E-state index in [1.807, 2.05) is 26.8 Å². The van der Waals surface area contributed by atoms with Crippen molar-refractivity contribution in [3.05, 3.63) is 70.5 Å². The molecule has 9 heteroatoms. The molecule has 1 fully saturated rings. The van der Waals surface area contributed by atoms with Crippen molar-refractivity contribution in [1.82, 2.24) is 20.1 Å². The molecule has 7 nitrogen and oxygen atoms in total. The summed E-state index contributed by atoms with van der Waals surface area (Å²) in [6, 6.07) is 9.45. The number of aromatic amines is 1. The highest BCUT2D eigenvalue weighted by Gasteiger charge is 2.45. The van der Waals surface area contributed by atoms with Crippen molar-refractivity contribution in [2.75, 3.05) is 11.9 Å². The predicted octanol–water partition coefficient (Wildman–Crippen LogP) is 4.74. The van der Waals surface area contributed by atoms with Crippen LogP contribution in [0.1, 0.15) is 42.3 Å². The Kier molecular flexibility index (Phi) is 6.65. The Morgan fingerprint density at radius 3 is 2.68 bits per heavy atom. The van der Waals surface area contributed by atoms with Gasteiger partial charge < -0.3 is 10.4 Å². The second-order valence-corrected chi connectivity index (χ2v) is 9.26. The molecule has 0 radical (unpaired) electrons. The number of hydrogen-bond donors (Lipinski definition) is 3. The Hall–Kier alpha value is -3.33. The number of carbonyl (C=O) groups is 1. The van der Waals surface area contributed by atoms with Gasteiger partial charge in [0.15, 0.2) is 5.82 Å². The van der Waals surface area contributed by atoms with E-state index in [9.17, 15) is 18.7 Å². The van der Waals surface area contributed by atoms with Gasteiger partial charge in [0, 0.05) is 36.3 Å². The van der Waals surface area contributed by atoms with Crippen LogP contribution in [0.2, 0.25) is 0 Å². The van der Waals surface area contributed by atoms with Crippen LogP contribution in [0.3, 0.4) is 0 Å². The highest BCUT2D eigenvalue weighted by atomic mass is 19.1. The van der Waals surface area contributed by atoms with E-state index in [1.165, 1.54) is 18.2 Å². The van der Waals surface area contributed by atoms with Gasteiger partial charge in [-0.2, -0.15) is 5.10 Å². The first kappa shape index (κ1) is 23.8. The van der Waals surface area contributed by atoms with Crippen molar-refractivity contribution in [2.45, 2.75) is 52.6 Å². The van der Waals surface area contributed by atoms with Gasteiger partial charge in [-0.15, -0.1) is 0 Å². The van der Waals surface area contributed by atoms with Crippen LogP contribution in [-0.4, -0.2) is 43.7 Å². The number of pyridine rings is 1. The number of piperidine rings is 1. The Balaban J connectivity index is 1.52. The number of carboxylic acids is 1. The minimum atomic E-state index is -1.16. The van der Waals surface area contributed by atoms with E-state index in [0.717, 1.165) is 11.3 Å². The topological polar surface area (TPSA) is 94.1 Å². The second-order valence-electron chi connectivity index (χ2n) is 9.26. The molecule has 3 heterocycles. The average Bonchev–Trinajstić information content (AvgIpc) is 3.19. The lowest BCUT2D eigenvalue weighted by atomic mass is 9.72. The SMILES string of the molecule is Cc1cc(Nc2ccc(F)c(C[C@@]3(C(=O)O)CCN(Cc4c(C)cccc4F)[C@H](C)C3)n2)n[nH]1. The molecule has 3 N–H and O–H groups in total. The number of anilines is 2. The molecule has 0 bridgehead atoms. The first-order valence-electron chi connectivity index (χ1n) is 11.3. The van der Waals surface area contributed by atoms with E-state index < -0.39 is 17.2 Å².